The molecule has 2 rings (SSSR count). The Bertz CT molecular complexity index is 654. The number of ether oxygens (including phenoxy) is 2. The van der Waals surface area contributed by atoms with E-state index >= 15 is 0 Å². The van der Waals surface area contributed by atoms with Crippen molar-refractivity contribution < 1.29 is 23.0 Å². The summed E-state index contributed by atoms with van der Waals surface area (Å²) in [5.41, 5.74) is 1.02. The first-order valence-electron chi connectivity index (χ1n) is 6.10. The lowest BCUT2D eigenvalue weighted by molar-refractivity contribution is -0.139. The number of aromatic nitrogens is 1. The maximum absolute atomic E-state index is 13.3. The predicted octanol–water partition coefficient (Wildman–Crippen LogP) is 2.75. The number of carbonyl (C=O) groups is 1. The van der Waals surface area contributed by atoms with Gasteiger partial charge in [-0.25, -0.2) is 8.78 Å². The fourth-order valence-electron chi connectivity index (χ4n) is 1.98. The van der Waals surface area contributed by atoms with Gasteiger partial charge in [-0.3, -0.25) is 9.78 Å². The molecule has 0 N–H and O–H groups in total. The minimum Gasteiger partial charge on any atom is -0.494 e. The second-order valence-corrected chi connectivity index (χ2v) is 4.26. The number of carbonyl (C=O) groups excluding carboxylic acids is 1. The molecule has 1 aromatic carbocycles. The van der Waals surface area contributed by atoms with Crippen LogP contribution in [-0.4, -0.2) is 25.2 Å². The lowest BCUT2D eigenvalue weighted by Gasteiger charge is -2.12. The molecule has 0 atom stereocenters. The van der Waals surface area contributed by atoms with E-state index in [0.29, 0.717) is 5.56 Å². The summed E-state index contributed by atoms with van der Waals surface area (Å²) in [5, 5.41) is 0. The number of benzene rings is 1. The second kappa shape index (κ2) is 6.30. The van der Waals surface area contributed by atoms with Gasteiger partial charge < -0.3 is 9.47 Å². The summed E-state index contributed by atoms with van der Waals surface area (Å²) in [4.78, 5) is 15.5. The van der Waals surface area contributed by atoms with Crippen molar-refractivity contribution >= 4 is 5.97 Å². The zero-order valence-electron chi connectivity index (χ0n) is 11.5. The Hall–Kier alpha value is -2.50. The van der Waals surface area contributed by atoms with Crippen LogP contribution in [0.2, 0.25) is 0 Å². The summed E-state index contributed by atoms with van der Waals surface area (Å²) < 4.78 is 36.5. The van der Waals surface area contributed by atoms with E-state index in [1.165, 1.54) is 20.4 Å². The summed E-state index contributed by atoms with van der Waals surface area (Å²) >= 11 is 0. The Morgan fingerprint density at radius 2 is 1.86 bits per heavy atom. The molecule has 0 aliphatic heterocycles. The maximum Gasteiger partial charge on any atom is 0.310 e. The van der Waals surface area contributed by atoms with Crippen LogP contribution >= 0.6 is 0 Å². The molecule has 2 aromatic rings. The summed E-state index contributed by atoms with van der Waals surface area (Å²) in [5.74, 6) is -1.59. The number of hydrogen-bond acceptors (Lipinski definition) is 4. The summed E-state index contributed by atoms with van der Waals surface area (Å²) in [6.45, 7) is 0. The maximum atomic E-state index is 13.3. The third-order valence-electron chi connectivity index (χ3n) is 2.89. The molecule has 0 fully saturated rings. The average molecular weight is 293 g/mol. The van der Waals surface area contributed by atoms with Crippen LogP contribution in [0.3, 0.4) is 0 Å². The van der Waals surface area contributed by atoms with E-state index < -0.39 is 17.6 Å². The van der Waals surface area contributed by atoms with Crippen molar-refractivity contribution in [3.63, 3.8) is 0 Å². The quantitative estimate of drug-likeness (QED) is 0.813. The minimum absolute atomic E-state index is 0.0208. The van der Waals surface area contributed by atoms with Crippen LogP contribution in [0.25, 0.3) is 11.3 Å². The van der Waals surface area contributed by atoms with Gasteiger partial charge in [-0.1, -0.05) is 0 Å². The van der Waals surface area contributed by atoms with Crippen molar-refractivity contribution in [1.82, 2.24) is 4.98 Å². The summed E-state index contributed by atoms with van der Waals surface area (Å²) in [6.07, 6.45) is 1.42. The van der Waals surface area contributed by atoms with E-state index in [1.807, 2.05) is 0 Å². The molecule has 0 aliphatic carbocycles. The smallest absolute Gasteiger partial charge is 0.310 e. The van der Waals surface area contributed by atoms with Gasteiger partial charge in [0.1, 0.15) is 23.1 Å². The molecule has 0 aliphatic rings. The zero-order chi connectivity index (χ0) is 15.4. The predicted molar refractivity (Wildman–Crippen MR) is 71.9 cm³/mol. The normalized spacial score (nSPS) is 10.3. The zero-order valence-corrected chi connectivity index (χ0v) is 11.5. The van der Waals surface area contributed by atoms with Gasteiger partial charge in [0.25, 0.3) is 0 Å². The highest BCUT2D eigenvalue weighted by molar-refractivity contribution is 5.76. The molecule has 110 valence electrons. The number of rotatable bonds is 4. The minimum atomic E-state index is -0.716. The largest absolute Gasteiger partial charge is 0.494 e. The highest BCUT2D eigenvalue weighted by Crippen LogP contribution is 2.32. The SMILES string of the molecule is COC(=O)Cc1ccnc(-c2cc(F)cc(F)c2)c1OC. The number of hydrogen-bond donors (Lipinski definition) is 0. The first-order valence-corrected chi connectivity index (χ1v) is 6.10. The fourth-order valence-corrected chi connectivity index (χ4v) is 1.98. The molecule has 6 heteroatoms. The van der Waals surface area contributed by atoms with Gasteiger partial charge in [-0.15, -0.1) is 0 Å². The molecule has 4 nitrogen and oxygen atoms in total. The first-order chi connectivity index (χ1) is 10.0. The summed E-state index contributed by atoms with van der Waals surface area (Å²) in [6, 6.07) is 4.66. The molecule has 0 saturated carbocycles. The van der Waals surface area contributed by atoms with Crippen molar-refractivity contribution in [2.75, 3.05) is 14.2 Å². The standard InChI is InChI=1S/C15H13F2NO3/c1-20-13(19)7-9-3-4-18-14(15(9)21-2)10-5-11(16)8-12(17)6-10/h3-6,8H,7H2,1-2H3. The van der Waals surface area contributed by atoms with E-state index in [-0.39, 0.29) is 23.4 Å². The molecule has 0 spiro atoms. The van der Waals surface area contributed by atoms with Crippen molar-refractivity contribution in [3.05, 3.63) is 47.7 Å². The lowest BCUT2D eigenvalue weighted by atomic mass is 10.1. The fraction of sp³-hybridized carbons (Fsp3) is 0.200. The van der Waals surface area contributed by atoms with Gasteiger partial charge in [0.15, 0.2) is 0 Å². The Labute approximate surface area is 120 Å². The van der Waals surface area contributed by atoms with Crippen LogP contribution < -0.4 is 4.74 Å². The van der Waals surface area contributed by atoms with Crippen LogP contribution in [0.4, 0.5) is 8.78 Å². The van der Waals surface area contributed by atoms with E-state index in [2.05, 4.69) is 9.72 Å². The number of halogens is 2. The number of methoxy groups -OCH3 is 2. The van der Waals surface area contributed by atoms with Crippen LogP contribution in [0.5, 0.6) is 5.75 Å². The first kappa shape index (κ1) is 14.9. The van der Waals surface area contributed by atoms with Crippen LogP contribution in [0.1, 0.15) is 5.56 Å². The molecule has 0 saturated heterocycles. The Balaban J connectivity index is 2.53. The Morgan fingerprint density at radius 3 is 2.43 bits per heavy atom. The molecule has 0 bridgehead atoms. The van der Waals surface area contributed by atoms with E-state index in [4.69, 9.17) is 4.74 Å². The molecular formula is C15H13F2NO3. The molecular weight excluding hydrogens is 280 g/mol. The topological polar surface area (TPSA) is 48.4 Å². The molecule has 0 amide bonds. The molecule has 1 heterocycles. The molecule has 0 unspecified atom stereocenters. The van der Waals surface area contributed by atoms with Gasteiger partial charge in [-0.2, -0.15) is 0 Å². The van der Waals surface area contributed by atoms with Crippen molar-refractivity contribution in [2.24, 2.45) is 0 Å². The van der Waals surface area contributed by atoms with Crippen LogP contribution in [-0.2, 0) is 16.0 Å². The second-order valence-electron chi connectivity index (χ2n) is 4.26. The monoisotopic (exact) mass is 293 g/mol. The van der Waals surface area contributed by atoms with Crippen molar-refractivity contribution in [2.45, 2.75) is 6.42 Å². The molecule has 0 radical (unpaired) electrons. The van der Waals surface area contributed by atoms with Crippen LogP contribution in [0.15, 0.2) is 30.5 Å². The molecule has 21 heavy (non-hydrogen) atoms. The average Bonchev–Trinajstić information content (AvgIpc) is 2.45. The van der Waals surface area contributed by atoms with Crippen molar-refractivity contribution in [1.29, 1.82) is 0 Å². The Kier molecular flexibility index (Phi) is 4.47. The van der Waals surface area contributed by atoms with E-state index in [0.717, 1.165) is 18.2 Å². The number of pyridine rings is 1. The Morgan fingerprint density at radius 1 is 1.19 bits per heavy atom. The highest BCUT2D eigenvalue weighted by Gasteiger charge is 2.16. The van der Waals surface area contributed by atoms with Gasteiger partial charge in [0.2, 0.25) is 0 Å². The van der Waals surface area contributed by atoms with E-state index in [9.17, 15) is 13.6 Å². The third-order valence-corrected chi connectivity index (χ3v) is 2.89. The number of nitrogens with zero attached hydrogens (tertiary/aromatic N) is 1. The third kappa shape index (κ3) is 3.34. The van der Waals surface area contributed by atoms with E-state index in [1.54, 1.807) is 6.07 Å². The van der Waals surface area contributed by atoms with Crippen LogP contribution in [0, 0.1) is 11.6 Å². The summed E-state index contributed by atoms with van der Waals surface area (Å²) in [7, 11) is 2.68. The van der Waals surface area contributed by atoms with Crippen molar-refractivity contribution in [3.8, 4) is 17.0 Å². The van der Waals surface area contributed by atoms with Gasteiger partial charge in [0, 0.05) is 23.4 Å². The number of esters is 1. The van der Waals surface area contributed by atoms with Gasteiger partial charge in [0.05, 0.1) is 20.6 Å². The van der Waals surface area contributed by atoms with Gasteiger partial charge in [-0.05, 0) is 18.2 Å². The highest BCUT2D eigenvalue weighted by atomic mass is 19.1. The lowest BCUT2D eigenvalue weighted by Crippen LogP contribution is -2.07. The van der Waals surface area contributed by atoms with Gasteiger partial charge >= 0.3 is 5.97 Å². The molecule has 1 aromatic heterocycles.